The molecular weight excluding hydrogens is 396 g/mol. The summed E-state index contributed by atoms with van der Waals surface area (Å²) in [5.41, 5.74) is 2.69. The monoisotopic (exact) mass is 420 g/mol. The molecule has 0 bridgehead atoms. The number of fused-ring (bicyclic) bond motifs is 1. The van der Waals surface area contributed by atoms with E-state index in [1.54, 1.807) is 37.4 Å². The Kier molecular flexibility index (Phi) is 5.37. The lowest BCUT2D eigenvalue weighted by Gasteiger charge is -2.37. The molecule has 2 N–H and O–H groups in total. The van der Waals surface area contributed by atoms with Gasteiger partial charge in [-0.05, 0) is 25.1 Å². The maximum atomic E-state index is 13.2. The van der Waals surface area contributed by atoms with Crippen LogP contribution in [0.5, 0.6) is 5.75 Å². The standard InChI is InChI=1S/C23H24N4O4/c1-14-8-10-16(11-9-14)27-22(29)20-19(25-23(27)30)17(13-26(20)2)21(28)24-12-15-6-4-5-7-18(15)31-3/h4-11,13,19-20H,12H2,1-3H3,(H,24,28)(H,25,30). The van der Waals surface area contributed by atoms with Crippen molar-refractivity contribution >= 4 is 23.5 Å². The van der Waals surface area contributed by atoms with E-state index in [1.165, 1.54) is 0 Å². The second-order valence-corrected chi connectivity index (χ2v) is 7.63. The normalized spacial score (nSPS) is 20.2. The molecule has 4 amide bonds. The smallest absolute Gasteiger partial charge is 0.329 e. The van der Waals surface area contributed by atoms with E-state index < -0.39 is 18.1 Å². The summed E-state index contributed by atoms with van der Waals surface area (Å²) in [6, 6.07) is 12.6. The van der Waals surface area contributed by atoms with Gasteiger partial charge in [0.05, 0.1) is 24.4 Å². The van der Waals surface area contributed by atoms with Crippen LogP contribution in [-0.2, 0) is 16.1 Å². The van der Waals surface area contributed by atoms with Gasteiger partial charge in [-0.25, -0.2) is 9.69 Å². The first kappa shape index (κ1) is 20.5. The van der Waals surface area contributed by atoms with Crippen molar-refractivity contribution in [3.8, 4) is 5.75 Å². The summed E-state index contributed by atoms with van der Waals surface area (Å²) < 4.78 is 5.31. The van der Waals surface area contributed by atoms with Crippen molar-refractivity contribution in [2.75, 3.05) is 19.1 Å². The number of nitrogens with one attached hydrogen (secondary N) is 2. The molecule has 4 rings (SSSR count). The van der Waals surface area contributed by atoms with E-state index in [0.717, 1.165) is 16.0 Å². The van der Waals surface area contributed by atoms with Crippen LogP contribution in [0.25, 0.3) is 0 Å². The second-order valence-electron chi connectivity index (χ2n) is 7.63. The Labute approximate surface area is 180 Å². The Bertz CT molecular complexity index is 1060. The number of urea groups is 1. The van der Waals surface area contributed by atoms with Crippen molar-refractivity contribution in [2.45, 2.75) is 25.6 Å². The number of imide groups is 1. The summed E-state index contributed by atoms with van der Waals surface area (Å²) in [7, 11) is 3.30. The SMILES string of the molecule is COc1ccccc1CNC(=O)C1=CN(C)C2C(=O)N(c3ccc(C)cc3)C(=O)NC12. The van der Waals surface area contributed by atoms with Gasteiger partial charge in [-0.15, -0.1) is 0 Å². The van der Waals surface area contributed by atoms with Gasteiger partial charge in [0.1, 0.15) is 11.8 Å². The molecule has 2 aromatic rings. The number of benzene rings is 2. The number of carbonyl (C=O) groups excluding carboxylic acids is 3. The highest BCUT2D eigenvalue weighted by Gasteiger charge is 2.49. The predicted octanol–water partition coefficient (Wildman–Crippen LogP) is 1.94. The van der Waals surface area contributed by atoms with Gasteiger partial charge in [0.15, 0.2) is 0 Å². The summed E-state index contributed by atoms with van der Waals surface area (Å²) in [6.45, 7) is 2.20. The number of para-hydroxylation sites is 1. The first-order chi connectivity index (χ1) is 14.9. The van der Waals surface area contributed by atoms with Gasteiger partial charge in [0.25, 0.3) is 11.8 Å². The van der Waals surface area contributed by atoms with E-state index in [1.807, 2.05) is 43.3 Å². The lowest BCUT2D eigenvalue weighted by Crippen LogP contribution is -2.65. The third-order valence-electron chi connectivity index (χ3n) is 5.57. The van der Waals surface area contributed by atoms with Gasteiger partial charge in [-0.1, -0.05) is 35.9 Å². The molecule has 0 aromatic heterocycles. The molecule has 8 nitrogen and oxygen atoms in total. The van der Waals surface area contributed by atoms with Crippen molar-refractivity contribution in [2.24, 2.45) is 0 Å². The highest BCUT2D eigenvalue weighted by atomic mass is 16.5. The van der Waals surface area contributed by atoms with Gasteiger partial charge < -0.3 is 20.3 Å². The van der Waals surface area contributed by atoms with Crippen LogP contribution in [0.3, 0.4) is 0 Å². The number of amides is 4. The molecule has 0 saturated carbocycles. The Hall–Kier alpha value is -3.81. The Morgan fingerprint density at radius 1 is 1.13 bits per heavy atom. The fourth-order valence-corrected chi connectivity index (χ4v) is 3.95. The maximum absolute atomic E-state index is 13.2. The molecule has 2 aromatic carbocycles. The minimum absolute atomic E-state index is 0.263. The summed E-state index contributed by atoms with van der Waals surface area (Å²) in [5, 5.41) is 5.68. The van der Waals surface area contributed by atoms with Crippen molar-refractivity contribution in [1.82, 2.24) is 15.5 Å². The number of hydrogen-bond acceptors (Lipinski definition) is 5. The lowest BCUT2D eigenvalue weighted by molar-refractivity contribution is -0.122. The number of nitrogens with zero attached hydrogens (tertiary/aromatic N) is 2. The lowest BCUT2D eigenvalue weighted by atomic mass is 9.99. The van der Waals surface area contributed by atoms with Crippen LogP contribution in [0.4, 0.5) is 10.5 Å². The molecule has 2 aliphatic heterocycles. The van der Waals surface area contributed by atoms with Crippen molar-refractivity contribution in [1.29, 1.82) is 0 Å². The second kappa shape index (κ2) is 8.14. The summed E-state index contributed by atoms with van der Waals surface area (Å²) >= 11 is 0. The minimum atomic E-state index is -0.718. The molecule has 2 heterocycles. The highest BCUT2D eigenvalue weighted by Crippen LogP contribution is 2.29. The van der Waals surface area contributed by atoms with E-state index in [9.17, 15) is 14.4 Å². The van der Waals surface area contributed by atoms with Crippen molar-refractivity contribution < 1.29 is 19.1 Å². The first-order valence-corrected chi connectivity index (χ1v) is 9.95. The van der Waals surface area contributed by atoms with Crippen LogP contribution in [0, 0.1) is 6.92 Å². The predicted molar refractivity (Wildman–Crippen MR) is 115 cm³/mol. The van der Waals surface area contributed by atoms with E-state index in [4.69, 9.17) is 4.74 Å². The number of aryl methyl sites for hydroxylation is 1. The molecule has 1 fully saturated rings. The molecule has 0 radical (unpaired) electrons. The molecule has 31 heavy (non-hydrogen) atoms. The van der Waals surface area contributed by atoms with Crippen LogP contribution >= 0.6 is 0 Å². The maximum Gasteiger partial charge on any atom is 0.329 e. The zero-order valence-corrected chi connectivity index (χ0v) is 17.6. The van der Waals surface area contributed by atoms with Crippen molar-refractivity contribution in [3.63, 3.8) is 0 Å². The van der Waals surface area contributed by atoms with Crippen LogP contribution in [0.1, 0.15) is 11.1 Å². The van der Waals surface area contributed by atoms with Gasteiger partial charge in [-0.3, -0.25) is 9.59 Å². The summed E-state index contributed by atoms with van der Waals surface area (Å²) in [6.07, 6.45) is 1.61. The number of carbonyl (C=O) groups is 3. The fraction of sp³-hybridized carbons (Fsp3) is 0.261. The Balaban J connectivity index is 1.51. The summed E-state index contributed by atoms with van der Waals surface area (Å²) in [4.78, 5) is 41.7. The van der Waals surface area contributed by atoms with Gasteiger partial charge in [0.2, 0.25) is 0 Å². The van der Waals surface area contributed by atoms with Crippen LogP contribution in [0.2, 0.25) is 0 Å². The Morgan fingerprint density at radius 3 is 2.55 bits per heavy atom. The molecule has 2 aliphatic rings. The van der Waals surface area contributed by atoms with Gasteiger partial charge >= 0.3 is 6.03 Å². The third kappa shape index (κ3) is 3.72. The van der Waals surface area contributed by atoms with E-state index in [-0.39, 0.29) is 18.4 Å². The molecule has 8 heteroatoms. The average molecular weight is 420 g/mol. The van der Waals surface area contributed by atoms with E-state index in [0.29, 0.717) is 17.0 Å². The number of hydrogen-bond donors (Lipinski definition) is 2. The zero-order chi connectivity index (χ0) is 22.1. The molecule has 0 aliphatic carbocycles. The number of anilines is 1. The summed E-state index contributed by atoms with van der Waals surface area (Å²) in [5.74, 6) is -0.0425. The molecular formula is C23H24N4O4. The molecule has 2 unspecified atom stereocenters. The first-order valence-electron chi connectivity index (χ1n) is 9.95. The fourth-order valence-electron chi connectivity index (χ4n) is 3.95. The van der Waals surface area contributed by atoms with E-state index in [2.05, 4.69) is 10.6 Å². The number of methoxy groups -OCH3 is 1. The number of rotatable bonds is 5. The number of likely N-dealkylation sites (N-methyl/N-ethyl adjacent to an activating group) is 1. The van der Waals surface area contributed by atoms with E-state index >= 15 is 0 Å². The largest absolute Gasteiger partial charge is 0.496 e. The zero-order valence-electron chi connectivity index (χ0n) is 17.6. The third-order valence-corrected chi connectivity index (χ3v) is 5.57. The van der Waals surface area contributed by atoms with Crippen LogP contribution in [-0.4, -0.2) is 49.0 Å². The average Bonchev–Trinajstić information content (AvgIpc) is 3.09. The molecule has 1 saturated heterocycles. The highest BCUT2D eigenvalue weighted by molar-refractivity contribution is 6.19. The molecule has 2 atom stereocenters. The quantitative estimate of drug-likeness (QED) is 0.772. The van der Waals surface area contributed by atoms with Crippen molar-refractivity contribution in [3.05, 3.63) is 71.4 Å². The minimum Gasteiger partial charge on any atom is -0.496 e. The Morgan fingerprint density at radius 2 is 1.84 bits per heavy atom. The topological polar surface area (TPSA) is 91.0 Å². The van der Waals surface area contributed by atoms with Crippen LogP contribution in [0.15, 0.2) is 60.3 Å². The number of ether oxygens (including phenoxy) is 1. The van der Waals surface area contributed by atoms with Gasteiger partial charge in [0, 0.05) is 25.4 Å². The molecule has 160 valence electrons. The van der Waals surface area contributed by atoms with Crippen LogP contribution < -0.4 is 20.3 Å². The van der Waals surface area contributed by atoms with Gasteiger partial charge in [-0.2, -0.15) is 0 Å². The molecule has 0 spiro atoms.